The van der Waals surface area contributed by atoms with Crippen LogP contribution in [0.3, 0.4) is 0 Å². The van der Waals surface area contributed by atoms with Gasteiger partial charge in [0.05, 0.1) is 0 Å². The van der Waals surface area contributed by atoms with Crippen molar-refractivity contribution < 1.29 is 9.47 Å². The minimum absolute atomic E-state index is 0.0533. The molecule has 0 saturated heterocycles. The van der Waals surface area contributed by atoms with Crippen molar-refractivity contribution in [3.63, 3.8) is 0 Å². The summed E-state index contributed by atoms with van der Waals surface area (Å²) < 4.78 is 10.1. The number of ether oxygens (including phenoxy) is 2. The second-order valence-electron chi connectivity index (χ2n) is 2.57. The van der Waals surface area contributed by atoms with Crippen LogP contribution in [0.15, 0.2) is 12.5 Å². The molecule has 0 aromatic carbocycles. The highest BCUT2D eigenvalue weighted by Gasteiger charge is 2.11. The normalized spacial score (nSPS) is 17.5. The van der Waals surface area contributed by atoms with Crippen molar-refractivity contribution in [1.29, 1.82) is 0 Å². The van der Waals surface area contributed by atoms with E-state index in [4.69, 9.17) is 9.47 Å². The molecule has 0 radical (unpaired) electrons. The van der Waals surface area contributed by atoms with E-state index in [1.807, 2.05) is 14.1 Å². The number of hydrogen-bond acceptors (Lipinski definition) is 3. The van der Waals surface area contributed by atoms with Gasteiger partial charge in [-0.1, -0.05) is 0 Å². The lowest BCUT2D eigenvalue weighted by molar-refractivity contribution is -0.0314. The van der Waals surface area contributed by atoms with Crippen molar-refractivity contribution in [2.45, 2.75) is 12.7 Å². The van der Waals surface area contributed by atoms with Gasteiger partial charge in [-0.3, -0.25) is 0 Å². The standard InChI is InChI=1S/C7H13NO2/c1-8(2)4-3-7-9-5-6-10-7/h5-7H,3-4H2,1-2H3. The van der Waals surface area contributed by atoms with Crippen molar-refractivity contribution in [2.75, 3.05) is 20.6 Å². The van der Waals surface area contributed by atoms with Gasteiger partial charge in [0.2, 0.25) is 6.29 Å². The largest absolute Gasteiger partial charge is 0.459 e. The van der Waals surface area contributed by atoms with Gasteiger partial charge in [-0.2, -0.15) is 0 Å². The van der Waals surface area contributed by atoms with Crippen LogP contribution in [0.5, 0.6) is 0 Å². The van der Waals surface area contributed by atoms with Gasteiger partial charge in [0.25, 0.3) is 0 Å². The molecule has 10 heavy (non-hydrogen) atoms. The lowest BCUT2D eigenvalue weighted by Gasteiger charge is -2.13. The Labute approximate surface area is 61.2 Å². The van der Waals surface area contributed by atoms with Crippen LogP contribution in [-0.4, -0.2) is 31.8 Å². The van der Waals surface area contributed by atoms with E-state index in [0.717, 1.165) is 13.0 Å². The first kappa shape index (κ1) is 7.41. The van der Waals surface area contributed by atoms with Crippen LogP contribution >= 0.6 is 0 Å². The van der Waals surface area contributed by atoms with Crippen molar-refractivity contribution in [2.24, 2.45) is 0 Å². The molecule has 0 saturated carbocycles. The van der Waals surface area contributed by atoms with Crippen LogP contribution < -0.4 is 0 Å². The van der Waals surface area contributed by atoms with Crippen LogP contribution in [0, 0.1) is 0 Å². The van der Waals surface area contributed by atoms with Crippen LogP contribution in [0.2, 0.25) is 0 Å². The quantitative estimate of drug-likeness (QED) is 0.582. The van der Waals surface area contributed by atoms with Gasteiger partial charge in [-0.15, -0.1) is 0 Å². The third kappa shape index (κ3) is 2.27. The zero-order valence-corrected chi connectivity index (χ0v) is 6.41. The fourth-order valence-corrected chi connectivity index (χ4v) is 0.771. The lowest BCUT2D eigenvalue weighted by Crippen LogP contribution is -2.19. The molecule has 0 aliphatic carbocycles. The first-order valence-electron chi connectivity index (χ1n) is 3.40. The summed E-state index contributed by atoms with van der Waals surface area (Å²) in [7, 11) is 4.06. The predicted molar refractivity (Wildman–Crippen MR) is 38.3 cm³/mol. The van der Waals surface area contributed by atoms with E-state index in [2.05, 4.69) is 4.90 Å². The summed E-state index contributed by atoms with van der Waals surface area (Å²) >= 11 is 0. The maximum absolute atomic E-state index is 5.07. The van der Waals surface area contributed by atoms with E-state index in [1.54, 1.807) is 12.5 Å². The Hall–Kier alpha value is -0.700. The van der Waals surface area contributed by atoms with Crippen molar-refractivity contribution in [3.05, 3.63) is 12.5 Å². The van der Waals surface area contributed by atoms with Crippen molar-refractivity contribution in [1.82, 2.24) is 4.90 Å². The van der Waals surface area contributed by atoms with E-state index < -0.39 is 0 Å². The van der Waals surface area contributed by atoms with E-state index in [1.165, 1.54) is 0 Å². The average Bonchev–Trinajstić information content (AvgIpc) is 2.34. The predicted octanol–water partition coefficient (Wildman–Crippen LogP) is 0.782. The van der Waals surface area contributed by atoms with Gasteiger partial charge in [0, 0.05) is 13.0 Å². The van der Waals surface area contributed by atoms with Gasteiger partial charge in [0.1, 0.15) is 12.5 Å². The molecule has 0 atom stereocenters. The monoisotopic (exact) mass is 143 g/mol. The summed E-state index contributed by atoms with van der Waals surface area (Å²) in [6, 6.07) is 0. The summed E-state index contributed by atoms with van der Waals surface area (Å²) in [6.07, 6.45) is 4.03. The Morgan fingerprint density at radius 3 is 2.40 bits per heavy atom. The smallest absolute Gasteiger partial charge is 0.240 e. The van der Waals surface area contributed by atoms with E-state index in [0.29, 0.717) is 0 Å². The maximum atomic E-state index is 5.07. The number of hydrogen-bond donors (Lipinski definition) is 0. The van der Waals surface area contributed by atoms with Crippen LogP contribution in [0.1, 0.15) is 6.42 Å². The molecule has 1 heterocycles. The van der Waals surface area contributed by atoms with Gasteiger partial charge < -0.3 is 14.4 Å². The summed E-state index contributed by atoms with van der Waals surface area (Å²) in [5.41, 5.74) is 0. The topological polar surface area (TPSA) is 21.7 Å². The lowest BCUT2D eigenvalue weighted by atomic mass is 10.4. The molecule has 3 heteroatoms. The first-order chi connectivity index (χ1) is 4.79. The minimum Gasteiger partial charge on any atom is -0.459 e. The fraction of sp³-hybridized carbons (Fsp3) is 0.714. The zero-order valence-electron chi connectivity index (χ0n) is 6.41. The fourth-order valence-electron chi connectivity index (χ4n) is 0.771. The van der Waals surface area contributed by atoms with E-state index in [9.17, 15) is 0 Å². The molecular weight excluding hydrogens is 130 g/mol. The van der Waals surface area contributed by atoms with Gasteiger partial charge >= 0.3 is 0 Å². The third-order valence-electron chi connectivity index (χ3n) is 1.33. The van der Waals surface area contributed by atoms with Gasteiger partial charge in [-0.25, -0.2) is 0 Å². The summed E-state index contributed by atoms with van der Waals surface area (Å²) in [5.74, 6) is 0. The second kappa shape index (κ2) is 3.46. The second-order valence-corrected chi connectivity index (χ2v) is 2.57. The highest BCUT2D eigenvalue weighted by molar-refractivity contribution is 4.71. The van der Waals surface area contributed by atoms with Crippen molar-refractivity contribution in [3.8, 4) is 0 Å². The number of rotatable bonds is 3. The van der Waals surface area contributed by atoms with Crippen LogP contribution in [0.25, 0.3) is 0 Å². The van der Waals surface area contributed by atoms with Gasteiger partial charge in [-0.05, 0) is 14.1 Å². The molecule has 58 valence electrons. The molecule has 1 aliphatic heterocycles. The summed E-state index contributed by atoms with van der Waals surface area (Å²) in [6.45, 7) is 0.992. The molecule has 0 aromatic rings. The highest BCUT2D eigenvalue weighted by Crippen LogP contribution is 2.08. The molecule has 0 aromatic heterocycles. The molecule has 1 aliphatic rings. The molecule has 0 spiro atoms. The van der Waals surface area contributed by atoms with Gasteiger partial charge in [0.15, 0.2) is 0 Å². The molecule has 1 rings (SSSR count). The minimum atomic E-state index is -0.0533. The Balaban J connectivity index is 2.03. The first-order valence-corrected chi connectivity index (χ1v) is 3.40. The molecule has 0 unspecified atom stereocenters. The van der Waals surface area contributed by atoms with E-state index in [-0.39, 0.29) is 6.29 Å². The highest BCUT2D eigenvalue weighted by atomic mass is 16.7. The SMILES string of the molecule is CN(C)CCC1OC=CO1. The average molecular weight is 143 g/mol. The maximum Gasteiger partial charge on any atom is 0.240 e. The zero-order chi connectivity index (χ0) is 7.40. The Morgan fingerprint density at radius 1 is 1.30 bits per heavy atom. The summed E-state index contributed by atoms with van der Waals surface area (Å²) in [5, 5.41) is 0. The Kier molecular flexibility index (Phi) is 2.57. The molecular formula is C7H13NO2. The molecule has 0 N–H and O–H groups in total. The Bertz CT molecular complexity index is 115. The Morgan fingerprint density at radius 2 is 1.90 bits per heavy atom. The van der Waals surface area contributed by atoms with Crippen molar-refractivity contribution >= 4 is 0 Å². The van der Waals surface area contributed by atoms with Crippen LogP contribution in [-0.2, 0) is 9.47 Å². The molecule has 0 amide bonds. The summed E-state index contributed by atoms with van der Waals surface area (Å²) in [4.78, 5) is 2.10. The third-order valence-corrected chi connectivity index (χ3v) is 1.33. The van der Waals surface area contributed by atoms with Crippen LogP contribution in [0.4, 0.5) is 0 Å². The molecule has 0 fully saturated rings. The number of nitrogens with zero attached hydrogens (tertiary/aromatic N) is 1. The van der Waals surface area contributed by atoms with E-state index >= 15 is 0 Å². The molecule has 3 nitrogen and oxygen atoms in total. The molecule has 0 bridgehead atoms.